The zero-order valence-electron chi connectivity index (χ0n) is 72.4. The predicted molar refractivity (Wildman–Crippen MR) is 373 cm³/mol. The molecule has 2 unspecified atom stereocenters. The van der Waals surface area contributed by atoms with E-state index in [1.807, 2.05) is 6.92 Å². The molecule has 36 heteroatoms. The Labute approximate surface area is 631 Å². The van der Waals surface area contributed by atoms with Crippen molar-refractivity contribution in [1.82, 2.24) is 0 Å². The Bertz CT molecular complexity index is 1820. The molecule has 0 aliphatic carbocycles. The van der Waals surface area contributed by atoms with Gasteiger partial charge in [-0.25, -0.2) is 52.7 Å². The molecule has 0 aliphatic rings. The van der Waals surface area contributed by atoms with Crippen molar-refractivity contribution in [3.63, 3.8) is 0 Å². The van der Waals surface area contributed by atoms with Crippen LogP contribution in [0.2, 0.25) is 0 Å². The van der Waals surface area contributed by atoms with E-state index < -0.39 is 141 Å². The van der Waals surface area contributed by atoms with Crippen LogP contribution in [0.25, 0.3) is 0 Å². The van der Waals surface area contributed by atoms with Crippen LogP contribution in [0.15, 0.2) is 0 Å². The number of hydrogen-bond donors (Lipinski definition) is 0. The summed E-state index contributed by atoms with van der Waals surface area (Å²) in [6.45, 7) is 56.3. The second-order valence-corrected chi connectivity index (χ2v) is 34.1. The van der Waals surface area contributed by atoms with Crippen molar-refractivity contribution in [3.05, 3.63) is 0 Å². The average molecular weight is 1700 g/mol. The Morgan fingerprint density at radius 3 is 0.422 bits per heavy atom. The Hall–Kier alpha value is -2.52. The number of rotatable bonds is 8. The lowest BCUT2D eigenvalue weighted by Gasteiger charge is -2.33. The maximum absolute atomic E-state index is 12.3. The first kappa shape index (κ1) is 142. The molecule has 0 aromatic carbocycles. The van der Waals surface area contributed by atoms with E-state index in [2.05, 4.69) is 69.2 Å². The van der Waals surface area contributed by atoms with Crippen LogP contribution in [0.1, 0.15) is 316 Å². The number of hydrogen-bond acceptors (Lipinski definition) is 0. The van der Waals surface area contributed by atoms with Gasteiger partial charge >= 0.3 is 49.4 Å². The summed E-state index contributed by atoms with van der Waals surface area (Å²) in [6, 6.07) is 0. The molecule has 2 atom stereocenters. The Morgan fingerprint density at radius 1 is 0.248 bits per heavy atom. The molecule has 0 nitrogen and oxygen atoms in total. The summed E-state index contributed by atoms with van der Waals surface area (Å²) < 4.78 is 420. The minimum Gasteiger partial charge on any atom is -0.245 e. The quantitative estimate of drug-likeness (QED) is 0.213. The van der Waals surface area contributed by atoms with Crippen LogP contribution in [0.4, 0.5) is 158 Å². The summed E-state index contributed by atoms with van der Waals surface area (Å²) in [6.07, 6.45) is -32.4. The maximum atomic E-state index is 12.3. The van der Waals surface area contributed by atoms with E-state index in [1.165, 1.54) is 75.7 Å². The number of alkyl halides is 36. The van der Waals surface area contributed by atoms with Crippen LogP contribution < -0.4 is 0 Å². The van der Waals surface area contributed by atoms with Crippen LogP contribution >= 0.6 is 0 Å². The first-order valence-corrected chi connectivity index (χ1v) is 34.2. The van der Waals surface area contributed by atoms with E-state index in [9.17, 15) is 158 Å². The molecule has 0 rings (SSSR count). The molecule has 0 aliphatic heterocycles. The topological polar surface area (TPSA) is 0 Å². The highest BCUT2D eigenvalue weighted by molar-refractivity contribution is 4.88. The van der Waals surface area contributed by atoms with Gasteiger partial charge in [-0.05, 0) is 133 Å². The standard InChI is InChI=1S/C6H9F5.C6H11F3.C5H7F5.4C5H9F3.C5H10F2.C5H11F.2C5H12.C4H6F4.C4H7F3.C4H9F.C4H10/c1-4(2,5(3,7)8)6(9,10)11;1-4-5(2,3)6(7,8)9;1-3(4(2,6)7)5(8,9)10;1-4(2,6)5(3,7)8;2*1-4(2,3)5(6,7)8;1-3-4(2)5(6,7)8;1-4(2)5(3,6)7;1-4-5(2,3)6;1-5(2,3)4;1-4-5(2)3;1-3(2,5)4(6,7)8;1-3(2)4(5,6)7;1-4(2,3)5;1-4(2)3/h1-3H3;4H2,1-3H3;3H,1-2H3;3*1-3H3;4H,3H2,1-2H3;4H,1-3H3;4H2,1-3H3;1-4H3;5H,4H2,1-3H3;1-2H3;3H,1-2H3;1-3H3;4H,1-3H3. The zero-order valence-corrected chi connectivity index (χ0v) is 72.4. The average Bonchev–Trinajstić information content (AvgIpc) is 0.790. The molecule has 0 aromatic rings. The summed E-state index contributed by atoms with van der Waals surface area (Å²) in [5.74, 6) is -16.9. The third kappa shape index (κ3) is 112. The Balaban J connectivity index is -0.0000000672. The molecule has 0 N–H and O–H groups in total. The van der Waals surface area contributed by atoms with Gasteiger partial charge in [-0.1, -0.05) is 186 Å². The molecule has 0 fully saturated rings. The molecule has 109 heavy (non-hydrogen) atoms. The van der Waals surface area contributed by atoms with E-state index >= 15 is 0 Å². The summed E-state index contributed by atoms with van der Waals surface area (Å²) >= 11 is 0. The van der Waals surface area contributed by atoms with E-state index in [-0.39, 0.29) is 26.7 Å². The third-order valence-corrected chi connectivity index (χ3v) is 12.6. The van der Waals surface area contributed by atoms with E-state index in [1.54, 1.807) is 13.8 Å². The maximum Gasteiger partial charge on any atom is 0.421 e. The fourth-order valence-electron chi connectivity index (χ4n) is 0.968. The second kappa shape index (κ2) is 54.4. The molecule has 0 heterocycles. The minimum atomic E-state index is -4.87. The molecule has 0 spiro atoms. The fourth-order valence-corrected chi connectivity index (χ4v) is 0.968. The lowest BCUT2D eigenvalue weighted by molar-refractivity contribution is -0.279. The largest absolute Gasteiger partial charge is 0.421 e. The SMILES string of the molecule is CC(C(C)(F)F)C(F)(F)F.CC(C)(C)C.CC(C)(C)C(F)(F)F.CC(C)(C)C(F)(F)F.CC(C)(C)F.CC(C)(F)C(C)(F)F.CC(C)(F)C(F)(F)F.CC(C)C.CC(C)C(C)(F)F.CC(C)C(F)(F)F.CC(F)(F)C(C)(C)C(F)(F)F.CCC(C)(C)C(F)(F)F.CCC(C)(C)F.CCC(C)C.CCC(C)C(F)(F)F. The van der Waals surface area contributed by atoms with Crippen molar-refractivity contribution < 1.29 is 158 Å². The van der Waals surface area contributed by atoms with Crippen molar-refractivity contribution in [2.75, 3.05) is 0 Å². The van der Waals surface area contributed by atoms with Gasteiger partial charge in [0, 0.05) is 25.7 Å². The summed E-state index contributed by atoms with van der Waals surface area (Å²) in [7, 11) is 0. The summed E-state index contributed by atoms with van der Waals surface area (Å²) in [5.41, 5.74) is -14.5. The van der Waals surface area contributed by atoms with Crippen LogP contribution in [0.3, 0.4) is 0 Å². The lowest BCUT2D eigenvalue weighted by atomic mass is 9.86. The van der Waals surface area contributed by atoms with Gasteiger partial charge in [-0.2, -0.15) is 105 Å². The van der Waals surface area contributed by atoms with Crippen molar-refractivity contribution in [2.24, 2.45) is 62.6 Å². The summed E-state index contributed by atoms with van der Waals surface area (Å²) in [5, 5.41) is 0. The molecule has 684 valence electrons. The molecule has 0 bridgehead atoms. The second-order valence-electron chi connectivity index (χ2n) is 34.1. The Morgan fingerprint density at radius 2 is 0.422 bits per heavy atom. The molecule has 0 amide bonds. The lowest BCUT2D eigenvalue weighted by Crippen LogP contribution is -2.45. The summed E-state index contributed by atoms with van der Waals surface area (Å²) in [4.78, 5) is 0. The van der Waals surface area contributed by atoms with Gasteiger partial charge in [-0.3, -0.25) is 0 Å². The van der Waals surface area contributed by atoms with Gasteiger partial charge in [-0.15, -0.1) is 0 Å². The minimum absolute atomic E-state index is 0.135. The number of halogens is 36. The van der Waals surface area contributed by atoms with E-state index in [0.717, 1.165) is 88.0 Å². The van der Waals surface area contributed by atoms with Crippen molar-refractivity contribution in [2.45, 2.75) is 412 Å². The van der Waals surface area contributed by atoms with Gasteiger partial charge in [0.2, 0.25) is 5.92 Å². The Kier molecular flexibility index (Phi) is 70.7. The van der Waals surface area contributed by atoms with Gasteiger partial charge in [0.05, 0.1) is 22.2 Å². The molecule has 0 aromatic heterocycles. The van der Waals surface area contributed by atoms with Crippen molar-refractivity contribution >= 4 is 0 Å². The smallest absolute Gasteiger partial charge is 0.245 e. The van der Waals surface area contributed by atoms with Crippen molar-refractivity contribution in [3.8, 4) is 0 Å². The van der Waals surface area contributed by atoms with E-state index in [0.29, 0.717) is 53.4 Å². The first-order chi connectivity index (χ1) is 45.4. The molecular weight excluding hydrogens is 1560 g/mol. The van der Waals surface area contributed by atoms with Crippen LogP contribution in [0, 0.1) is 62.6 Å². The molecular formula is C73H140F36. The van der Waals surface area contributed by atoms with Gasteiger partial charge in [0.25, 0.3) is 17.8 Å². The molecule has 0 saturated carbocycles. The van der Waals surface area contributed by atoms with Crippen molar-refractivity contribution in [1.29, 1.82) is 0 Å². The monoisotopic (exact) mass is 1700 g/mol. The van der Waals surface area contributed by atoms with Crippen LogP contribution in [-0.4, -0.2) is 95.8 Å². The van der Waals surface area contributed by atoms with Crippen LogP contribution in [0.5, 0.6) is 0 Å². The van der Waals surface area contributed by atoms with Gasteiger partial charge in [0.1, 0.15) is 22.7 Å². The van der Waals surface area contributed by atoms with Gasteiger partial charge in [0.15, 0.2) is 11.3 Å². The highest BCUT2D eigenvalue weighted by Gasteiger charge is 2.60. The normalized spacial score (nSPS) is 13.8. The highest BCUT2D eigenvalue weighted by Crippen LogP contribution is 2.48. The zero-order chi connectivity index (χ0) is 94.8. The van der Waals surface area contributed by atoms with Crippen LogP contribution in [-0.2, 0) is 0 Å². The van der Waals surface area contributed by atoms with E-state index in [4.69, 9.17) is 0 Å². The first-order valence-electron chi connectivity index (χ1n) is 34.2. The van der Waals surface area contributed by atoms with Gasteiger partial charge < -0.3 is 0 Å². The molecule has 0 radical (unpaired) electrons. The molecule has 0 saturated heterocycles. The predicted octanol–water partition coefficient (Wildman–Crippen LogP) is 35.7. The third-order valence-electron chi connectivity index (χ3n) is 12.6. The highest BCUT2D eigenvalue weighted by atomic mass is 19.4. The fraction of sp³-hybridized carbons (Fsp3) is 1.00.